The molecule has 0 saturated carbocycles. The van der Waals surface area contributed by atoms with Gasteiger partial charge in [0.05, 0.1) is 18.8 Å². The van der Waals surface area contributed by atoms with Crippen LogP contribution in [0.4, 0.5) is 20.3 Å². The number of halogens is 2. The predicted octanol–water partition coefficient (Wildman–Crippen LogP) is 4.60. The Bertz CT molecular complexity index is 1480. The average Bonchev–Trinajstić information content (AvgIpc) is 3.64. The van der Waals surface area contributed by atoms with Gasteiger partial charge in [0.25, 0.3) is 6.43 Å². The molecule has 3 aromatic rings. The summed E-state index contributed by atoms with van der Waals surface area (Å²) in [5.74, 6) is 0.883. The third-order valence-electron chi connectivity index (χ3n) is 10.0. The van der Waals surface area contributed by atoms with Crippen molar-refractivity contribution in [3.05, 3.63) is 46.9 Å². The first-order chi connectivity index (χ1) is 20.9. The average molecular weight is 593 g/mol. The maximum Gasteiger partial charge on any atom is 0.264 e. The van der Waals surface area contributed by atoms with Crippen LogP contribution in [0.2, 0.25) is 0 Å². The van der Waals surface area contributed by atoms with E-state index in [1.807, 2.05) is 11.0 Å². The molecule has 1 amide bonds. The topological polar surface area (TPSA) is 74.5 Å². The summed E-state index contributed by atoms with van der Waals surface area (Å²) in [7, 11) is 1.80. The highest BCUT2D eigenvalue weighted by Gasteiger charge is 2.35. The second-order valence-corrected chi connectivity index (χ2v) is 12.7. The molecule has 0 aliphatic carbocycles. The first kappa shape index (κ1) is 28.5. The van der Waals surface area contributed by atoms with Crippen LogP contribution in [0.15, 0.2) is 24.5 Å². The lowest BCUT2D eigenvalue weighted by atomic mass is 9.92. The van der Waals surface area contributed by atoms with Gasteiger partial charge in [-0.3, -0.25) is 19.1 Å². The zero-order chi connectivity index (χ0) is 29.7. The molecule has 7 rings (SSSR count). The van der Waals surface area contributed by atoms with Crippen molar-refractivity contribution in [2.75, 3.05) is 44.2 Å². The Morgan fingerprint density at radius 3 is 2.58 bits per heavy atom. The van der Waals surface area contributed by atoms with Crippen LogP contribution in [-0.2, 0) is 31.2 Å². The van der Waals surface area contributed by atoms with Gasteiger partial charge in [0.1, 0.15) is 0 Å². The maximum atomic E-state index is 14.5. The summed E-state index contributed by atoms with van der Waals surface area (Å²) >= 11 is 0. The molecule has 43 heavy (non-hydrogen) atoms. The largest absolute Gasteiger partial charge is 0.338 e. The van der Waals surface area contributed by atoms with Gasteiger partial charge in [-0.05, 0) is 68.3 Å². The second-order valence-electron chi connectivity index (χ2n) is 12.7. The number of carbonyl (C=O) groups excluding carboxylic acids is 1. The molecule has 6 heterocycles. The minimum absolute atomic E-state index is 0.0156. The molecule has 0 unspecified atom stereocenters. The Balaban J connectivity index is 1.25. The Labute approximate surface area is 251 Å². The van der Waals surface area contributed by atoms with E-state index < -0.39 is 6.43 Å². The molecule has 230 valence electrons. The molecule has 1 N–H and O–H groups in total. The molecule has 4 aliphatic heterocycles. The minimum Gasteiger partial charge on any atom is -0.338 e. The zero-order valence-corrected chi connectivity index (χ0v) is 25.2. The van der Waals surface area contributed by atoms with Crippen LogP contribution < -0.4 is 10.2 Å². The SMILES string of the molecule is CC(=O)N1CCc2c(c(N3CCCc4cc(-c5cnn(C)c5)c(C(F)F)cc43)nn2C2CCN([C@H]3CCCNC3)CC2)C1. The highest BCUT2D eigenvalue weighted by Crippen LogP contribution is 2.43. The molecule has 0 radical (unpaired) electrons. The number of alkyl halides is 2. The number of rotatable bonds is 5. The van der Waals surface area contributed by atoms with Gasteiger partial charge in [0.2, 0.25) is 5.91 Å². The summed E-state index contributed by atoms with van der Waals surface area (Å²) in [4.78, 5) is 19.1. The number of hydrogen-bond acceptors (Lipinski definition) is 6. The van der Waals surface area contributed by atoms with Crippen molar-refractivity contribution >= 4 is 17.4 Å². The van der Waals surface area contributed by atoms with Crippen molar-refractivity contribution in [2.45, 2.75) is 76.9 Å². The molecular formula is C32H42F2N8O. The van der Waals surface area contributed by atoms with Crippen molar-refractivity contribution in [3.63, 3.8) is 0 Å². The molecule has 9 nitrogen and oxygen atoms in total. The summed E-state index contributed by atoms with van der Waals surface area (Å²) in [6.07, 6.45) is 7.89. The molecule has 4 aliphatic rings. The lowest BCUT2D eigenvalue weighted by Gasteiger charge is -2.40. The van der Waals surface area contributed by atoms with E-state index in [4.69, 9.17) is 5.10 Å². The predicted molar refractivity (Wildman–Crippen MR) is 162 cm³/mol. The van der Waals surface area contributed by atoms with E-state index in [-0.39, 0.29) is 11.5 Å². The smallest absolute Gasteiger partial charge is 0.264 e. The van der Waals surface area contributed by atoms with Crippen LogP contribution in [-0.4, -0.2) is 80.6 Å². The van der Waals surface area contributed by atoms with Gasteiger partial charge in [-0.25, -0.2) is 8.78 Å². The summed E-state index contributed by atoms with van der Waals surface area (Å²) < 4.78 is 33.0. The number of benzene rings is 1. The van der Waals surface area contributed by atoms with E-state index in [9.17, 15) is 13.6 Å². The number of piperidine rings is 2. The van der Waals surface area contributed by atoms with E-state index in [0.29, 0.717) is 42.8 Å². The van der Waals surface area contributed by atoms with Gasteiger partial charge >= 0.3 is 0 Å². The summed E-state index contributed by atoms with van der Waals surface area (Å²) in [6, 6.07) is 4.52. The van der Waals surface area contributed by atoms with Gasteiger partial charge in [0, 0.05) is 93.4 Å². The van der Waals surface area contributed by atoms with Gasteiger partial charge in [-0.1, -0.05) is 0 Å². The van der Waals surface area contributed by atoms with Crippen molar-refractivity contribution in [1.82, 2.24) is 34.7 Å². The van der Waals surface area contributed by atoms with Crippen LogP contribution in [0, 0.1) is 0 Å². The summed E-state index contributed by atoms with van der Waals surface area (Å²) in [6.45, 7) is 7.83. The van der Waals surface area contributed by atoms with Crippen LogP contribution in [0.25, 0.3) is 11.1 Å². The van der Waals surface area contributed by atoms with Crippen molar-refractivity contribution in [3.8, 4) is 11.1 Å². The molecule has 2 saturated heterocycles. The van der Waals surface area contributed by atoms with E-state index in [2.05, 4.69) is 24.9 Å². The van der Waals surface area contributed by atoms with Crippen LogP contribution in [0.3, 0.4) is 0 Å². The number of nitrogens with one attached hydrogen (secondary N) is 1. The van der Waals surface area contributed by atoms with E-state index in [1.165, 1.54) is 18.5 Å². The van der Waals surface area contributed by atoms with E-state index in [0.717, 1.165) is 80.9 Å². The molecule has 2 aromatic heterocycles. The monoisotopic (exact) mass is 592 g/mol. The van der Waals surface area contributed by atoms with E-state index in [1.54, 1.807) is 37.1 Å². The zero-order valence-electron chi connectivity index (χ0n) is 25.2. The van der Waals surface area contributed by atoms with Gasteiger partial charge < -0.3 is 15.1 Å². The molecule has 11 heteroatoms. The lowest BCUT2D eigenvalue weighted by molar-refractivity contribution is -0.129. The van der Waals surface area contributed by atoms with Gasteiger partial charge in [0.15, 0.2) is 5.82 Å². The Morgan fingerprint density at radius 2 is 1.88 bits per heavy atom. The first-order valence-corrected chi connectivity index (χ1v) is 15.9. The van der Waals surface area contributed by atoms with Crippen molar-refractivity contribution < 1.29 is 13.6 Å². The highest BCUT2D eigenvalue weighted by atomic mass is 19.3. The highest BCUT2D eigenvalue weighted by molar-refractivity contribution is 5.78. The number of amides is 1. The fourth-order valence-corrected chi connectivity index (χ4v) is 7.72. The van der Waals surface area contributed by atoms with Crippen molar-refractivity contribution in [2.24, 2.45) is 7.05 Å². The summed E-state index contributed by atoms with van der Waals surface area (Å²) in [5, 5.41) is 13.1. The number of nitrogens with zero attached hydrogens (tertiary/aromatic N) is 7. The van der Waals surface area contributed by atoms with Gasteiger partial charge in [-0.15, -0.1) is 0 Å². The molecule has 0 spiro atoms. The molecular weight excluding hydrogens is 550 g/mol. The molecule has 2 fully saturated rings. The standard InChI is InChI=1S/C32H42F2N8O/c1-21(43)40-14-9-29-28(20-40)32(37-42(29)24-7-12-39(13-8-24)25-6-3-10-35-18-25)41-11-4-5-22-15-26(23-17-36-38(2)19-23)27(31(33)34)16-30(22)41/h15-17,19,24-25,31,35H,3-14,18,20H2,1-2H3/t25-/m0/s1. The number of hydrogen-bond donors (Lipinski definition) is 1. The van der Waals surface area contributed by atoms with E-state index >= 15 is 0 Å². The Morgan fingerprint density at radius 1 is 1.05 bits per heavy atom. The van der Waals surface area contributed by atoms with Crippen LogP contribution in [0.5, 0.6) is 0 Å². The van der Waals surface area contributed by atoms with Crippen LogP contribution in [0.1, 0.15) is 73.9 Å². The third kappa shape index (κ3) is 5.35. The Kier molecular flexibility index (Phi) is 7.71. The molecule has 0 bridgehead atoms. The number of carbonyl (C=O) groups is 1. The third-order valence-corrected chi connectivity index (χ3v) is 10.0. The Hall–Kier alpha value is -3.31. The molecule has 1 atom stereocenters. The number of anilines is 2. The maximum absolute atomic E-state index is 14.5. The lowest BCUT2D eigenvalue weighted by Crippen LogP contribution is -2.49. The number of aromatic nitrogens is 4. The fourth-order valence-electron chi connectivity index (χ4n) is 7.72. The molecule has 1 aromatic carbocycles. The first-order valence-electron chi connectivity index (χ1n) is 15.9. The minimum atomic E-state index is -2.62. The quantitative estimate of drug-likeness (QED) is 0.467. The fraction of sp³-hybridized carbons (Fsp3) is 0.594. The number of fused-ring (bicyclic) bond motifs is 2. The van der Waals surface area contributed by atoms with Crippen molar-refractivity contribution in [1.29, 1.82) is 0 Å². The van der Waals surface area contributed by atoms with Gasteiger partial charge in [-0.2, -0.15) is 10.2 Å². The summed E-state index contributed by atoms with van der Waals surface area (Å²) in [5.41, 5.74) is 5.39. The number of likely N-dealkylation sites (tertiary alicyclic amines) is 1. The van der Waals surface area contributed by atoms with Crippen LogP contribution >= 0.6 is 0 Å². The normalized spacial score (nSPS) is 21.7. The number of aryl methyl sites for hydroxylation is 2. The second kappa shape index (κ2) is 11.6.